The fraction of sp³-hybridized carbons (Fsp3) is 0.280. The van der Waals surface area contributed by atoms with E-state index in [1.165, 1.54) is 18.2 Å². The zero-order valence-electron chi connectivity index (χ0n) is 18.4. The summed E-state index contributed by atoms with van der Waals surface area (Å²) >= 11 is 0. The number of nitro groups is 1. The molecule has 0 heterocycles. The van der Waals surface area contributed by atoms with E-state index in [1.807, 2.05) is 44.2 Å². The molecule has 0 radical (unpaired) electrons. The monoisotopic (exact) mass is 451 g/mol. The van der Waals surface area contributed by atoms with Crippen LogP contribution in [0.5, 0.6) is 5.75 Å². The predicted molar refractivity (Wildman–Crippen MR) is 122 cm³/mol. The Bertz CT molecular complexity index is 1110. The SMILES string of the molecule is CCC(C)COc1ccc(C(=O)OC2(C(=O)O)C=CC(c3ccccc3)=CC2)cc1[N+](=O)[O-]. The third-order valence-corrected chi connectivity index (χ3v) is 5.51. The van der Waals surface area contributed by atoms with Gasteiger partial charge in [0.15, 0.2) is 5.75 Å². The Morgan fingerprint density at radius 3 is 2.52 bits per heavy atom. The van der Waals surface area contributed by atoms with Gasteiger partial charge in [-0.3, -0.25) is 10.1 Å². The minimum absolute atomic E-state index is 0.0396. The standard InChI is InChI=1S/C25H25NO7/c1-3-17(2)16-32-22-10-9-20(15-21(22)26(30)31)23(27)33-25(24(28)29)13-11-19(12-14-25)18-7-5-4-6-8-18/h4-13,15,17H,3,14,16H2,1-2H3,(H,28,29). The molecule has 1 aliphatic carbocycles. The number of esters is 1. The number of nitrogens with zero attached hydrogens (tertiary/aromatic N) is 1. The van der Waals surface area contributed by atoms with E-state index in [-0.39, 0.29) is 29.3 Å². The molecule has 0 spiro atoms. The number of carbonyl (C=O) groups excluding carboxylic acids is 1. The Morgan fingerprint density at radius 2 is 1.94 bits per heavy atom. The first-order valence-electron chi connectivity index (χ1n) is 10.6. The average molecular weight is 451 g/mol. The van der Waals surface area contributed by atoms with Crippen LogP contribution in [0.4, 0.5) is 5.69 Å². The molecule has 1 aliphatic rings. The Balaban J connectivity index is 1.81. The molecule has 33 heavy (non-hydrogen) atoms. The van der Waals surface area contributed by atoms with Crippen LogP contribution in [0.1, 0.15) is 42.6 Å². The fourth-order valence-electron chi connectivity index (χ4n) is 3.23. The highest BCUT2D eigenvalue weighted by Crippen LogP contribution is 2.33. The van der Waals surface area contributed by atoms with Crippen LogP contribution < -0.4 is 4.74 Å². The summed E-state index contributed by atoms with van der Waals surface area (Å²) < 4.78 is 10.9. The van der Waals surface area contributed by atoms with Crippen molar-refractivity contribution in [1.29, 1.82) is 0 Å². The van der Waals surface area contributed by atoms with Crippen LogP contribution in [-0.2, 0) is 9.53 Å². The lowest BCUT2D eigenvalue weighted by atomic mass is 9.89. The summed E-state index contributed by atoms with van der Waals surface area (Å²) in [6, 6.07) is 13.1. The van der Waals surface area contributed by atoms with Crippen LogP contribution in [-0.4, -0.2) is 34.2 Å². The number of allylic oxidation sites excluding steroid dienone is 2. The molecule has 8 heteroatoms. The van der Waals surface area contributed by atoms with Crippen molar-refractivity contribution in [2.24, 2.45) is 5.92 Å². The number of hydrogen-bond acceptors (Lipinski definition) is 6. The summed E-state index contributed by atoms with van der Waals surface area (Å²) in [6.45, 7) is 4.24. The van der Waals surface area contributed by atoms with Gasteiger partial charge in [0.1, 0.15) is 0 Å². The number of carboxylic acids is 1. The Labute approximate surface area is 191 Å². The summed E-state index contributed by atoms with van der Waals surface area (Å²) in [4.78, 5) is 35.6. The van der Waals surface area contributed by atoms with Crippen molar-refractivity contribution in [3.8, 4) is 5.75 Å². The van der Waals surface area contributed by atoms with Crippen molar-refractivity contribution in [2.75, 3.05) is 6.61 Å². The molecule has 3 rings (SSSR count). The molecule has 172 valence electrons. The van der Waals surface area contributed by atoms with Gasteiger partial charge in [0.2, 0.25) is 5.60 Å². The number of aliphatic carboxylic acids is 1. The number of nitro benzene ring substituents is 1. The Kier molecular flexibility index (Phi) is 7.27. The lowest BCUT2D eigenvalue weighted by Crippen LogP contribution is -2.42. The highest BCUT2D eigenvalue weighted by molar-refractivity contribution is 5.95. The van der Waals surface area contributed by atoms with Gasteiger partial charge >= 0.3 is 17.6 Å². The van der Waals surface area contributed by atoms with Crippen molar-refractivity contribution in [3.63, 3.8) is 0 Å². The summed E-state index contributed by atoms with van der Waals surface area (Å²) in [5.74, 6) is -2.07. The van der Waals surface area contributed by atoms with Crippen molar-refractivity contribution in [3.05, 3.63) is 88.0 Å². The molecular formula is C25H25NO7. The van der Waals surface area contributed by atoms with Gasteiger partial charge in [-0.05, 0) is 35.3 Å². The van der Waals surface area contributed by atoms with Gasteiger partial charge in [0.25, 0.3) is 0 Å². The second-order valence-corrected chi connectivity index (χ2v) is 7.91. The molecule has 2 aromatic carbocycles. The molecule has 0 saturated heterocycles. The topological polar surface area (TPSA) is 116 Å². The molecule has 1 N–H and O–H groups in total. The van der Waals surface area contributed by atoms with E-state index >= 15 is 0 Å². The Morgan fingerprint density at radius 1 is 1.21 bits per heavy atom. The summed E-state index contributed by atoms with van der Waals surface area (Å²) in [7, 11) is 0. The van der Waals surface area contributed by atoms with Crippen LogP contribution in [0.2, 0.25) is 0 Å². The largest absolute Gasteiger partial charge is 0.487 e. The number of ether oxygens (including phenoxy) is 2. The van der Waals surface area contributed by atoms with E-state index < -0.39 is 22.5 Å². The van der Waals surface area contributed by atoms with Gasteiger partial charge in [-0.15, -0.1) is 0 Å². The molecule has 0 aromatic heterocycles. The van der Waals surface area contributed by atoms with E-state index in [2.05, 4.69) is 0 Å². The number of carboxylic acid groups (broad SMARTS) is 1. The van der Waals surface area contributed by atoms with E-state index in [0.29, 0.717) is 6.61 Å². The normalized spacial score (nSPS) is 18.2. The van der Waals surface area contributed by atoms with Gasteiger partial charge < -0.3 is 14.6 Å². The van der Waals surface area contributed by atoms with Crippen LogP contribution in [0.25, 0.3) is 5.57 Å². The molecule has 0 fully saturated rings. The van der Waals surface area contributed by atoms with Gasteiger partial charge in [-0.2, -0.15) is 0 Å². The highest BCUT2D eigenvalue weighted by Gasteiger charge is 2.41. The molecule has 2 atom stereocenters. The second kappa shape index (κ2) is 10.1. The van der Waals surface area contributed by atoms with E-state index in [4.69, 9.17) is 9.47 Å². The van der Waals surface area contributed by atoms with Crippen LogP contribution in [0.15, 0.2) is 66.8 Å². The van der Waals surface area contributed by atoms with Crippen molar-refractivity contribution in [1.82, 2.24) is 0 Å². The maximum atomic E-state index is 12.8. The lowest BCUT2D eigenvalue weighted by Gasteiger charge is -2.28. The molecular weight excluding hydrogens is 426 g/mol. The highest BCUT2D eigenvalue weighted by atomic mass is 16.6. The lowest BCUT2D eigenvalue weighted by molar-refractivity contribution is -0.385. The minimum atomic E-state index is -1.91. The number of benzene rings is 2. The average Bonchev–Trinajstić information content (AvgIpc) is 2.83. The molecule has 0 aliphatic heterocycles. The first-order chi connectivity index (χ1) is 15.8. The molecule has 0 amide bonds. The first kappa shape index (κ1) is 23.7. The zero-order chi connectivity index (χ0) is 24.0. The number of carbonyl (C=O) groups is 2. The van der Waals surface area contributed by atoms with Crippen molar-refractivity contribution < 1.29 is 29.1 Å². The van der Waals surface area contributed by atoms with E-state index in [0.717, 1.165) is 23.6 Å². The van der Waals surface area contributed by atoms with Crippen LogP contribution in [0.3, 0.4) is 0 Å². The molecule has 8 nitrogen and oxygen atoms in total. The zero-order valence-corrected chi connectivity index (χ0v) is 18.4. The maximum Gasteiger partial charge on any atom is 0.352 e. The molecule has 2 aromatic rings. The van der Waals surface area contributed by atoms with Crippen molar-refractivity contribution in [2.45, 2.75) is 32.3 Å². The van der Waals surface area contributed by atoms with Gasteiger partial charge in [0.05, 0.1) is 17.1 Å². The minimum Gasteiger partial charge on any atom is -0.487 e. The molecule has 0 bridgehead atoms. The third-order valence-electron chi connectivity index (χ3n) is 5.51. The number of hydrogen-bond donors (Lipinski definition) is 1. The molecule has 2 unspecified atom stereocenters. The van der Waals surface area contributed by atoms with Gasteiger partial charge in [0, 0.05) is 12.5 Å². The van der Waals surface area contributed by atoms with Crippen LogP contribution >= 0.6 is 0 Å². The fourth-order valence-corrected chi connectivity index (χ4v) is 3.23. The smallest absolute Gasteiger partial charge is 0.352 e. The summed E-state index contributed by atoms with van der Waals surface area (Å²) in [5, 5.41) is 21.3. The third kappa shape index (κ3) is 5.46. The van der Waals surface area contributed by atoms with Crippen molar-refractivity contribution >= 4 is 23.2 Å². The Hall–Kier alpha value is -3.94. The van der Waals surface area contributed by atoms with Gasteiger partial charge in [-0.1, -0.05) is 62.8 Å². The van der Waals surface area contributed by atoms with Crippen LogP contribution in [0, 0.1) is 16.0 Å². The summed E-state index contributed by atoms with van der Waals surface area (Å²) in [6.07, 6.45) is 5.38. The van der Waals surface area contributed by atoms with Gasteiger partial charge in [-0.25, -0.2) is 9.59 Å². The first-order valence-corrected chi connectivity index (χ1v) is 10.6. The predicted octanol–water partition coefficient (Wildman–Crippen LogP) is 5.04. The van der Waals surface area contributed by atoms with E-state index in [9.17, 15) is 24.8 Å². The second-order valence-electron chi connectivity index (χ2n) is 7.91. The van der Waals surface area contributed by atoms with E-state index in [1.54, 1.807) is 12.2 Å². The summed E-state index contributed by atoms with van der Waals surface area (Å²) in [5.41, 5.74) is -0.716. The quantitative estimate of drug-likeness (QED) is 0.322. The maximum absolute atomic E-state index is 12.8. The number of rotatable bonds is 9. The molecule has 0 saturated carbocycles.